The van der Waals surface area contributed by atoms with Gasteiger partial charge in [0, 0.05) is 137 Å². The summed E-state index contributed by atoms with van der Waals surface area (Å²) in [5.74, 6) is 0. The number of rotatable bonds is 0. The second-order valence-electron chi connectivity index (χ2n) is 0. The minimum atomic E-state index is 0. The van der Waals surface area contributed by atoms with Gasteiger partial charge in [-0.15, -0.1) is 0 Å². The van der Waals surface area contributed by atoms with Gasteiger partial charge in [0.05, 0.1) is 0 Å². The predicted octanol–water partition coefficient (Wildman–Crippen LogP) is -1.91. The predicted molar refractivity (Wildman–Crippen MR) is 28.8 cm³/mol. The van der Waals surface area contributed by atoms with Crippen LogP contribution in [0.1, 0.15) is 0 Å². The Morgan fingerprint density at radius 1 is 0.250 bits per heavy atom. The van der Waals surface area contributed by atoms with Crippen molar-refractivity contribution in [2.75, 3.05) is 0 Å². The van der Waals surface area contributed by atoms with E-state index in [2.05, 4.69) is 0 Å². The molecule has 0 bridgehead atoms. The van der Waals surface area contributed by atoms with E-state index in [-0.39, 0.29) is 137 Å². The summed E-state index contributed by atoms with van der Waals surface area (Å²) in [5.41, 5.74) is 0. The average molecular weight is 312 g/mol. The normalized spacial score (nSPS) is 0. The molecule has 0 unspecified atom stereocenters. The summed E-state index contributed by atoms with van der Waals surface area (Å²) < 4.78 is 0. The van der Waals surface area contributed by atoms with Gasteiger partial charge in [-0.25, -0.2) is 0 Å². The molecular weight excluding hydrogens is 312 g/mol. The van der Waals surface area contributed by atoms with E-state index in [1.165, 1.54) is 0 Å². The molecule has 0 aromatic carbocycles. The van der Waals surface area contributed by atoms with Crippen molar-refractivity contribution in [1.29, 1.82) is 0 Å². The molecule has 0 heterocycles. The zero-order chi connectivity index (χ0) is 0. The first-order valence-electron chi connectivity index (χ1n) is 0. The minimum absolute atomic E-state index is 0. The maximum absolute atomic E-state index is 0. The molecule has 0 aliphatic heterocycles. The summed E-state index contributed by atoms with van der Waals surface area (Å²) in [4.78, 5) is 0. The molecule has 0 fully saturated rings. The Labute approximate surface area is 135 Å². The van der Waals surface area contributed by atoms with Gasteiger partial charge in [-0.05, 0) is 0 Å². The largest absolute Gasteiger partial charge is 0 e. The molecule has 0 aliphatic carbocycles. The van der Waals surface area contributed by atoms with Crippen LogP contribution < -0.4 is 0 Å². The molecule has 0 amide bonds. The molecule has 18 radical (unpaired) electrons. The van der Waals surface area contributed by atoms with Crippen LogP contribution in [0, 0.1) is 0 Å². The van der Waals surface area contributed by atoms with Crippen LogP contribution in [0.4, 0.5) is 0 Å². The maximum Gasteiger partial charge on any atom is 0 e. The molecule has 0 N–H and O–H groups in total. The van der Waals surface area contributed by atoms with E-state index >= 15 is 0 Å². The van der Waals surface area contributed by atoms with Crippen LogP contribution in [0.2, 0.25) is 0 Å². The van der Waals surface area contributed by atoms with Crippen LogP contribution in [0.25, 0.3) is 0 Å². The zero-order valence-corrected chi connectivity index (χ0v) is 12.8. The standard InChI is InChI=1S/5Al.3Co. The van der Waals surface area contributed by atoms with Gasteiger partial charge >= 0.3 is 0 Å². The van der Waals surface area contributed by atoms with Crippen LogP contribution in [-0.2, 0) is 50.3 Å². The number of hydrogen-bond donors (Lipinski definition) is 0. The van der Waals surface area contributed by atoms with Gasteiger partial charge < -0.3 is 0 Å². The van der Waals surface area contributed by atoms with E-state index in [0.29, 0.717) is 0 Å². The fourth-order valence-corrected chi connectivity index (χ4v) is 0. The van der Waals surface area contributed by atoms with E-state index in [4.69, 9.17) is 0 Å². The SMILES string of the molecule is [Al].[Al].[Al].[Al].[Al].[Co].[Co].[Co]. The molecule has 0 aromatic rings. The summed E-state index contributed by atoms with van der Waals surface area (Å²) in [5, 5.41) is 0. The van der Waals surface area contributed by atoms with Gasteiger partial charge in [0.15, 0.2) is 0 Å². The molecule has 0 atom stereocenters. The van der Waals surface area contributed by atoms with Crippen molar-refractivity contribution in [3.05, 3.63) is 0 Å². The van der Waals surface area contributed by atoms with Crippen molar-refractivity contribution < 1.29 is 50.3 Å². The Bertz CT molecular complexity index is 7.64. The molecule has 0 saturated heterocycles. The van der Waals surface area contributed by atoms with Gasteiger partial charge in [-0.3, -0.25) is 0 Å². The third kappa shape index (κ3) is 49.1. The van der Waals surface area contributed by atoms with Crippen molar-refractivity contribution in [1.82, 2.24) is 0 Å². The smallest absolute Gasteiger partial charge is 0 e. The van der Waals surface area contributed by atoms with Gasteiger partial charge in [0.2, 0.25) is 0 Å². The van der Waals surface area contributed by atoms with Crippen LogP contribution in [0.5, 0.6) is 0 Å². The Hall–Kier alpha value is 4.18. The Morgan fingerprint density at radius 2 is 0.250 bits per heavy atom. The van der Waals surface area contributed by atoms with Crippen LogP contribution in [0.3, 0.4) is 0 Å². The summed E-state index contributed by atoms with van der Waals surface area (Å²) in [6, 6.07) is 0. The van der Waals surface area contributed by atoms with Crippen LogP contribution in [0.15, 0.2) is 0 Å². The molecule has 0 saturated carbocycles. The zero-order valence-electron chi connectivity index (χ0n) is 3.89. The Kier molecular flexibility index (Phi) is 722. The number of hydrogen-bond acceptors (Lipinski definition) is 0. The first-order chi connectivity index (χ1) is 0. The fourth-order valence-electron chi connectivity index (χ4n) is 0. The quantitative estimate of drug-likeness (QED) is 0.458. The van der Waals surface area contributed by atoms with Gasteiger partial charge in [0.1, 0.15) is 0 Å². The first-order valence-corrected chi connectivity index (χ1v) is 0. The van der Waals surface area contributed by atoms with Crippen molar-refractivity contribution in [2.45, 2.75) is 0 Å². The summed E-state index contributed by atoms with van der Waals surface area (Å²) in [6.45, 7) is 0. The van der Waals surface area contributed by atoms with Crippen molar-refractivity contribution in [2.24, 2.45) is 0 Å². The molecule has 0 nitrogen and oxygen atoms in total. The molecule has 0 rings (SSSR count). The topological polar surface area (TPSA) is 0 Å². The summed E-state index contributed by atoms with van der Waals surface area (Å²) in [7, 11) is 0. The molecule has 8 heteroatoms. The molecule has 0 aliphatic rings. The Balaban J connectivity index is 0. The van der Waals surface area contributed by atoms with Crippen LogP contribution >= 0.6 is 0 Å². The van der Waals surface area contributed by atoms with Crippen LogP contribution in [-0.4, -0.2) is 86.8 Å². The van der Waals surface area contributed by atoms with E-state index in [0.717, 1.165) is 0 Å². The van der Waals surface area contributed by atoms with Gasteiger partial charge in [0.25, 0.3) is 0 Å². The molecular formula is Al5Co3. The first kappa shape index (κ1) is 87.1. The third-order valence-electron chi connectivity index (χ3n) is 0. The van der Waals surface area contributed by atoms with E-state index < -0.39 is 0 Å². The third-order valence-corrected chi connectivity index (χ3v) is 0. The van der Waals surface area contributed by atoms with Gasteiger partial charge in [-0.2, -0.15) is 0 Å². The average Bonchev–Trinajstić information content (AvgIpc) is 0. The molecule has 8 heavy (non-hydrogen) atoms. The second kappa shape index (κ2) is 66.3. The fraction of sp³-hybridized carbons (Fsp3) is 0. The second-order valence-corrected chi connectivity index (χ2v) is 0. The van der Waals surface area contributed by atoms with E-state index in [9.17, 15) is 0 Å². The van der Waals surface area contributed by atoms with Crippen molar-refractivity contribution >= 4 is 86.8 Å². The minimum Gasteiger partial charge on any atom is 0 e. The van der Waals surface area contributed by atoms with Crippen molar-refractivity contribution in [3.8, 4) is 0 Å². The van der Waals surface area contributed by atoms with E-state index in [1.807, 2.05) is 0 Å². The molecule has 42 valence electrons. The van der Waals surface area contributed by atoms with Gasteiger partial charge in [-0.1, -0.05) is 0 Å². The Morgan fingerprint density at radius 3 is 0.250 bits per heavy atom. The maximum atomic E-state index is 0. The van der Waals surface area contributed by atoms with E-state index in [1.54, 1.807) is 0 Å². The monoisotopic (exact) mass is 312 g/mol. The van der Waals surface area contributed by atoms with Crippen molar-refractivity contribution in [3.63, 3.8) is 0 Å². The summed E-state index contributed by atoms with van der Waals surface area (Å²) >= 11 is 0. The summed E-state index contributed by atoms with van der Waals surface area (Å²) in [6.07, 6.45) is 0. The molecule has 0 aromatic heterocycles. The molecule has 0 spiro atoms.